The number of carbonyl (C=O) groups is 4. The summed E-state index contributed by atoms with van der Waals surface area (Å²) >= 11 is 0. The summed E-state index contributed by atoms with van der Waals surface area (Å²) in [4.78, 5) is 57.9. The summed E-state index contributed by atoms with van der Waals surface area (Å²) in [5.41, 5.74) is 3.32. The number of aromatic nitrogens is 3. The molecule has 16 nitrogen and oxygen atoms in total. The molecule has 2 aromatic carbocycles. The first kappa shape index (κ1) is 41.8. The van der Waals surface area contributed by atoms with Crippen LogP contribution in [0.3, 0.4) is 0 Å². The van der Waals surface area contributed by atoms with Crippen molar-refractivity contribution in [1.82, 2.24) is 24.8 Å². The molecule has 1 saturated carbocycles. The zero-order valence-electron chi connectivity index (χ0n) is 32.4. The predicted octanol–water partition coefficient (Wildman–Crippen LogP) is 7.91. The lowest BCUT2D eigenvalue weighted by Crippen LogP contribution is -2.38. The number of rotatable bonds is 20. The Kier molecular flexibility index (Phi) is 14.6. The van der Waals surface area contributed by atoms with Crippen molar-refractivity contribution in [3.63, 3.8) is 0 Å². The number of nitrogens with one attached hydrogen (secondary N) is 2. The van der Waals surface area contributed by atoms with Gasteiger partial charge in [-0.2, -0.15) is 5.10 Å². The van der Waals surface area contributed by atoms with Crippen molar-refractivity contribution >= 4 is 48.7 Å². The molecule has 4 aromatic rings. The molecule has 2 aromatic heterocycles. The Bertz CT molecular complexity index is 2050. The maximum Gasteiger partial charge on any atom is 0.530 e. The standard InChI is InChI=1S/C39H49N6O10P/c1-6-9-20-53-56(50,54-21-10-7-2)55-31-17-13-28(14-18-31)38(48)51-25-52-39(49)44(19-8-3)37(47)32-23-45-34(27(32)5)35(40-24-41-45)43-33-22-29(12-11-26(33)4)36(46)42-30-15-16-30/h11-14,17-18,22-24,30H,6-10,15-16,19-21,25H2,1-5H3,(H,42,46)(H,40,41,43). The van der Waals surface area contributed by atoms with Gasteiger partial charge in [-0.1, -0.05) is 39.7 Å². The summed E-state index contributed by atoms with van der Waals surface area (Å²) in [5.74, 6) is -1.05. The number of anilines is 2. The van der Waals surface area contributed by atoms with Gasteiger partial charge in [-0.15, -0.1) is 0 Å². The van der Waals surface area contributed by atoms with Crippen LogP contribution in [0, 0.1) is 13.8 Å². The zero-order valence-corrected chi connectivity index (χ0v) is 33.3. The summed E-state index contributed by atoms with van der Waals surface area (Å²) in [6.07, 6.45) is 7.25. The largest absolute Gasteiger partial charge is 0.530 e. The van der Waals surface area contributed by atoms with Crippen molar-refractivity contribution in [2.75, 3.05) is 31.9 Å². The molecular weight excluding hydrogens is 743 g/mol. The van der Waals surface area contributed by atoms with E-state index in [4.69, 9.17) is 23.0 Å². The van der Waals surface area contributed by atoms with Gasteiger partial charge in [0.25, 0.3) is 11.8 Å². The first-order valence-electron chi connectivity index (χ1n) is 18.8. The van der Waals surface area contributed by atoms with Gasteiger partial charge in [0.2, 0.25) is 6.79 Å². The van der Waals surface area contributed by atoms with E-state index in [-0.39, 0.29) is 48.6 Å². The third kappa shape index (κ3) is 10.9. The Morgan fingerprint density at radius 3 is 2.23 bits per heavy atom. The summed E-state index contributed by atoms with van der Waals surface area (Å²) in [6.45, 7) is 9.05. The number of hydrogen-bond donors (Lipinski definition) is 2. The lowest BCUT2D eigenvalue weighted by Gasteiger charge is -2.19. The lowest BCUT2D eigenvalue weighted by atomic mass is 10.1. The summed E-state index contributed by atoms with van der Waals surface area (Å²) in [6, 6.07) is 11.2. The molecule has 56 heavy (non-hydrogen) atoms. The fraction of sp³-hybridized carbons (Fsp3) is 0.436. The van der Waals surface area contributed by atoms with Crippen molar-refractivity contribution in [3.05, 3.63) is 82.8 Å². The van der Waals surface area contributed by atoms with Crippen LogP contribution in [0.15, 0.2) is 55.0 Å². The Hall–Kier alpha value is -5.31. The second kappa shape index (κ2) is 19.5. The number of nitrogens with zero attached hydrogens (tertiary/aromatic N) is 4. The normalized spacial score (nSPS) is 12.6. The summed E-state index contributed by atoms with van der Waals surface area (Å²) < 4.78 is 41.5. The van der Waals surface area contributed by atoms with Gasteiger partial charge in [-0.3, -0.25) is 18.6 Å². The van der Waals surface area contributed by atoms with Crippen LogP contribution in [-0.4, -0.2) is 76.0 Å². The van der Waals surface area contributed by atoms with Gasteiger partial charge in [0.1, 0.15) is 17.6 Å². The van der Waals surface area contributed by atoms with E-state index < -0.39 is 32.6 Å². The Morgan fingerprint density at radius 1 is 0.911 bits per heavy atom. The number of hydrogen-bond acceptors (Lipinski definition) is 13. The highest BCUT2D eigenvalue weighted by Crippen LogP contribution is 2.49. The van der Waals surface area contributed by atoms with Crippen LogP contribution in [0.5, 0.6) is 5.75 Å². The fourth-order valence-electron chi connectivity index (χ4n) is 5.44. The first-order valence-corrected chi connectivity index (χ1v) is 20.3. The van der Waals surface area contributed by atoms with Crippen LogP contribution >= 0.6 is 7.82 Å². The Balaban J connectivity index is 1.21. The number of esters is 1. The van der Waals surface area contributed by atoms with Crippen LogP contribution in [0.4, 0.5) is 16.3 Å². The average molecular weight is 793 g/mol. The van der Waals surface area contributed by atoms with E-state index in [0.29, 0.717) is 47.4 Å². The molecule has 0 unspecified atom stereocenters. The number of phosphoric acid groups is 1. The number of unbranched alkanes of at least 4 members (excludes halogenated alkanes) is 2. The molecule has 1 aliphatic carbocycles. The van der Waals surface area contributed by atoms with Gasteiger partial charge in [0.15, 0.2) is 5.82 Å². The van der Waals surface area contributed by atoms with Gasteiger partial charge >= 0.3 is 19.9 Å². The van der Waals surface area contributed by atoms with Gasteiger partial charge in [-0.25, -0.2) is 28.6 Å². The quantitative estimate of drug-likeness (QED) is 0.0381. The second-order valence-electron chi connectivity index (χ2n) is 13.3. The van der Waals surface area contributed by atoms with Crippen molar-refractivity contribution in [2.24, 2.45) is 0 Å². The molecule has 300 valence electrons. The molecule has 5 rings (SSSR count). The minimum absolute atomic E-state index is 0.0264. The number of benzene rings is 2. The fourth-order valence-corrected chi connectivity index (χ4v) is 6.71. The van der Waals surface area contributed by atoms with E-state index in [1.165, 1.54) is 41.3 Å². The van der Waals surface area contributed by atoms with Crippen LogP contribution in [0.2, 0.25) is 0 Å². The van der Waals surface area contributed by atoms with Crippen molar-refractivity contribution in [1.29, 1.82) is 0 Å². The highest BCUT2D eigenvalue weighted by molar-refractivity contribution is 7.48. The molecule has 2 N–H and O–H groups in total. The molecule has 2 heterocycles. The van der Waals surface area contributed by atoms with Crippen molar-refractivity contribution in [3.8, 4) is 5.75 Å². The number of carbonyl (C=O) groups excluding carboxylic acids is 4. The molecule has 0 aliphatic heterocycles. The van der Waals surface area contributed by atoms with Gasteiger partial charge < -0.3 is 24.6 Å². The van der Waals surface area contributed by atoms with Crippen LogP contribution in [-0.2, 0) is 23.1 Å². The summed E-state index contributed by atoms with van der Waals surface area (Å²) in [5, 5.41) is 10.6. The molecule has 0 saturated heterocycles. The van der Waals surface area contributed by atoms with Crippen LogP contribution in [0.1, 0.15) is 108 Å². The maximum absolute atomic E-state index is 13.8. The van der Waals surface area contributed by atoms with E-state index in [1.54, 1.807) is 26.0 Å². The van der Waals surface area contributed by atoms with Gasteiger partial charge in [0.05, 0.1) is 24.3 Å². The molecular formula is C39H49N6O10P. The van der Waals surface area contributed by atoms with Gasteiger partial charge in [0, 0.05) is 30.0 Å². The minimum atomic E-state index is -3.88. The van der Waals surface area contributed by atoms with Gasteiger partial charge in [-0.05, 0) is 93.5 Å². The summed E-state index contributed by atoms with van der Waals surface area (Å²) in [7, 11) is -3.88. The number of imide groups is 1. The first-order chi connectivity index (χ1) is 27.0. The monoisotopic (exact) mass is 792 g/mol. The number of ether oxygens (including phenoxy) is 2. The smallest absolute Gasteiger partial charge is 0.424 e. The minimum Gasteiger partial charge on any atom is -0.424 e. The number of aryl methyl sites for hydroxylation is 2. The molecule has 1 fully saturated rings. The SMILES string of the molecule is CCCCOP(=O)(OCCCC)Oc1ccc(C(=O)OCOC(=O)N(CCC)C(=O)c2cn3ncnc(Nc4cc(C(=O)NC5CC5)ccc4C)c3c2C)cc1. The molecule has 0 atom stereocenters. The van der Waals surface area contributed by atoms with E-state index >= 15 is 0 Å². The second-order valence-corrected chi connectivity index (χ2v) is 14.9. The van der Waals surface area contributed by atoms with E-state index in [1.807, 2.05) is 26.8 Å². The van der Waals surface area contributed by atoms with Crippen molar-refractivity contribution in [2.45, 2.75) is 85.6 Å². The lowest BCUT2D eigenvalue weighted by molar-refractivity contribution is -0.0105. The number of fused-ring (bicyclic) bond motifs is 1. The molecule has 17 heteroatoms. The van der Waals surface area contributed by atoms with Crippen molar-refractivity contribution < 1.29 is 46.8 Å². The number of amides is 3. The topological polar surface area (TPSA) is 189 Å². The maximum atomic E-state index is 13.8. The molecule has 0 radical (unpaired) electrons. The molecule has 1 aliphatic rings. The van der Waals surface area contributed by atoms with Crippen LogP contribution in [0.25, 0.3) is 5.52 Å². The Labute approximate surface area is 325 Å². The molecule has 0 spiro atoms. The van der Waals surface area contributed by atoms with Crippen LogP contribution < -0.4 is 15.2 Å². The predicted molar refractivity (Wildman–Crippen MR) is 207 cm³/mol. The van der Waals surface area contributed by atoms with E-state index in [9.17, 15) is 23.7 Å². The van der Waals surface area contributed by atoms with E-state index in [2.05, 4.69) is 20.7 Å². The highest BCUT2D eigenvalue weighted by atomic mass is 31.2. The molecule has 0 bridgehead atoms. The highest BCUT2D eigenvalue weighted by Gasteiger charge is 2.30. The molecule has 3 amide bonds. The Morgan fingerprint density at radius 2 is 1.59 bits per heavy atom. The third-order valence-electron chi connectivity index (χ3n) is 8.81. The zero-order chi connectivity index (χ0) is 40.2. The number of phosphoric ester groups is 1. The van der Waals surface area contributed by atoms with E-state index in [0.717, 1.165) is 36.1 Å². The average Bonchev–Trinajstić information content (AvgIpc) is 3.94. The third-order valence-corrected chi connectivity index (χ3v) is 10.2.